The van der Waals surface area contributed by atoms with Gasteiger partial charge < -0.3 is 9.67 Å². The number of hydrogen-bond donors (Lipinski definition) is 1. The average Bonchev–Trinajstić information content (AvgIpc) is 3.15. The number of thioether (sulfide) groups is 1. The van der Waals surface area contributed by atoms with Gasteiger partial charge in [-0.05, 0) is 31.0 Å². The minimum absolute atomic E-state index is 0.343. The maximum Gasteiger partial charge on any atom is 0.336 e. The topological polar surface area (TPSA) is 55.1 Å². The number of aromatic carboxylic acids is 1. The minimum atomic E-state index is -0.893. The summed E-state index contributed by atoms with van der Waals surface area (Å²) in [6.45, 7) is 0. The molecule has 1 saturated carbocycles. The first-order valence-corrected chi connectivity index (χ1v) is 8.09. The molecule has 0 saturated heterocycles. The number of carboxylic acid groups (broad SMARTS) is 1. The van der Waals surface area contributed by atoms with Crippen LogP contribution in [0.3, 0.4) is 0 Å². The summed E-state index contributed by atoms with van der Waals surface area (Å²) in [5.41, 5.74) is 1.49. The van der Waals surface area contributed by atoms with Gasteiger partial charge in [-0.2, -0.15) is 0 Å². The molecule has 20 heavy (non-hydrogen) atoms. The van der Waals surface area contributed by atoms with Crippen molar-refractivity contribution in [1.82, 2.24) is 9.55 Å². The van der Waals surface area contributed by atoms with Crippen LogP contribution in [-0.2, 0) is 5.75 Å². The third-order valence-corrected chi connectivity index (χ3v) is 4.82. The van der Waals surface area contributed by atoms with E-state index in [-0.39, 0.29) is 0 Å². The maximum atomic E-state index is 11.2. The minimum Gasteiger partial charge on any atom is -0.478 e. The van der Waals surface area contributed by atoms with Crippen LogP contribution in [0.1, 0.15) is 34.9 Å². The van der Waals surface area contributed by atoms with Crippen molar-refractivity contribution in [2.75, 3.05) is 0 Å². The summed E-state index contributed by atoms with van der Waals surface area (Å²) < 4.78 is 3.09. The van der Waals surface area contributed by atoms with Gasteiger partial charge in [-0.1, -0.05) is 15.9 Å². The van der Waals surface area contributed by atoms with Gasteiger partial charge in [-0.15, -0.1) is 11.8 Å². The Kier molecular flexibility index (Phi) is 3.85. The smallest absolute Gasteiger partial charge is 0.336 e. The average molecular weight is 353 g/mol. The van der Waals surface area contributed by atoms with E-state index in [9.17, 15) is 9.90 Å². The van der Waals surface area contributed by atoms with Crippen molar-refractivity contribution in [1.29, 1.82) is 0 Å². The highest BCUT2D eigenvalue weighted by atomic mass is 79.9. The van der Waals surface area contributed by atoms with Gasteiger partial charge in [0.1, 0.15) is 0 Å². The van der Waals surface area contributed by atoms with Crippen molar-refractivity contribution >= 4 is 33.7 Å². The fraction of sp³-hybridized carbons (Fsp3) is 0.286. The Bertz CT molecular complexity index is 652. The predicted molar refractivity (Wildman–Crippen MR) is 81.2 cm³/mol. The van der Waals surface area contributed by atoms with Gasteiger partial charge >= 0.3 is 5.97 Å². The molecular formula is C14H13BrN2O2S. The first-order chi connectivity index (χ1) is 9.65. The van der Waals surface area contributed by atoms with Crippen LogP contribution in [0.5, 0.6) is 0 Å². The molecule has 1 aromatic heterocycles. The van der Waals surface area contributed by atoms with Crippen LogP contribution in [0.2, 0.25) is 0 Å². The predicted octanol–water partition coefficient (Wildman–Crippen LogP) is 3.97. The quantitative estimate of drug-likeness (QED) is 0.827. The highest BCUT2D eigenvalue weighted by Gasteiger charge is 2.25. The second kappa shape index (κ2) is 5.61. The van der Waals surface area contributed by atoms with Crippen LogP contribution in [-0.4, -0.2) is 20.6 Å². The Hall–Kier alpha value is -1.27. The molecule has 1 aliphatic rings. The molecule has 2 aromatic rings. The molecular weight excluding hydrogens is 340 g/mol. The van der Waals surface area contributed by atoms with Gasteiger partial charge in [0.25, 0.3) is 0 Å². The van der Waals surface area contributed by atoms with E-state index in [0.29, 0.717) is 11.6 Å². The van der Waals surface area contributed by atoms with Gasteiger partial charge in [0, 0.05) is 33.1 Å². The molecule has 1 heterocycles. The molecule has 104 valence electrons. The van der Waals surface area contributed by atoms with Crippen LogP contribution in [0.4, 0.5) is 0 Å². The monoisotopic (exact) mass is 352 g/mol. The van der Waals surface area contributed by atoms with E-state index >= 15 is 0 Å². The van der Waals surface area contributed by atoms with E-state index in [1.807, 2.05) is 18.6 Å². The lowest BCUT2D eigenvalue weighted by molar-refractivity contribution is 0.0693. The van der Waals surface area contributed by atoms with Crippen molar-refractivity contribution in [3.63, 3.8) is 0 Å². The Labute approximate surface area is 129 Å². The van der Waals surface area contributed by atoms with Gasteiger partial charge in [0.15, 0.2) is 0 Å². The molecule has 3 rings (SSSR count). The summed E-state index contributed by atoms with van der Waals surface area (Å²) in [4.78, 5) is 16.2. The lowest BCUT2D eigenvalue weighted by Crippen LogP contribution is -2.00. The Balaban J connectivity index is 1.79. The summed E-state index contributed by atoms with van der Waals surface area (Å²) in [6.07, 6.45) is 6.16. The SMILES string of the molecule is O=C(O)c1ccc(Br)cc1SCc1cncn1C1CC1. The Morgan fingerprint density at radius 3 is 3.00 bits per heavy atom. The molecule has 0 bridgehead atoms. The summed E-state index contributed by atoms with van der Waals surface area (Å²) in [7, 11) is 0. The van der Waals surface area contributed by atoms with E-state index in [1.165, 1.54) is 24.6 Å². The molecule has 1 aliphatic carbocycles. The summed E-state index contributed by atoms with van der Waals surface area (Å²) in [6, 6.07) is 5.83. The first-order valence-electron chi connectivity index (χ1n) is 6.31. The van der Waals surface area contributed by atoms with E-state index in [2.05, 4.69) is 25.5 Å². The summed E-state index contributed by atoms with van der Waals surface area (Å²) >= 11 is 4.92. The molecule has 1 aromatic carbocycles. The zero-order chi connectivity index (χ0) is 14.1. The standard InChI is InChI=1S/C14H13BrN2O2S/c15-9-1-4-12(14(18)19)13(5-9)20-7-11-6-16-8-17(11)10-2-3-10/h1,4-6,8,10H,2-3,7H2,(H,18,19). The number of imidazole rings is 1. The fourth-order valence-electron chi connectivity index (χ4n) is 2.07. The molecule has 0 aliphatic heterocycles. The maximum absolute atomic E-state index is 11.2. The number of rotatable bonds is 5. The number of halogens is 1. The molecule has 0 radical (unpaired) electrons. The van der Waals surface area contributed by atoms with Crippen LogP contribution < -0.4 is 0 Å². The van der Waals surface area contributed by atoms with Gasteiger partial charge in [-0.3, -0.25) is 0 Å². The number of carbonyl (C=O) groups is 1. The lowest BCUT2D eigenvalue weighted by atomic mass is 10.2. The second-order valence-electron chi connectivity index (χ2n) is 4.76. The lowest BCUT2D eigenvalue weighted by Gasteiger charge is -2.08. The van der Waals surface area contributed by atoms with E-state index in [0.717, 1.165) is 20.8 Å². The molecule has 0 atom stereocenters. The fourth-order valence-corrected chi connectivity index (χ4v) is 3.63. The summed E-state index contributed by atoms with van der Waals surface area (Å²) in [5, 5.41) is 9.22. The first kappa shape index (κ1) is 13.7. The van der Waals surface area contributed by atoms with Crippen molar-refractivity contribution in [3.05, 3.63) is 46.5 Å². The highest BCUT2D eigenvalue weighted by molar-refractivity contribution is 9.10. The van der Waals surface area contributed by atoms with Gasteiger partial charge in [0.05, 0.1) is 11.9 Å². The van der Waals surface area contributed by atoms with Crippen LogP contribution in [0.15, 0.2) is 40.1 Å². The van der Waals surface area contributed by atoms with E-state index < -0.39 is 5.97 Å². The number of benzene rings is 1. The Morgan fingerprint density at radius 2 is 2.30 bits per heavy atom. The van der Waals surface area contributed by atoms with Crippen LogP contribution >= 0.6 is 27.7 Å². The van der Waals surface area contributed by atoms with Crippen LogP contribution in [0.25, 0.3) is 0 Å². The number of aromatic nitrogens is 2. The highest BCUT2D eigenvalue weighted by Crippen LogP contribution is 2.37. The van der Waals surface area contributed by atoms with E-state index in [1.54, 1.807) is 12.1 Å². The molecule has 6 heteroatoms. The van der Waals surface area contributed by atoms with E-state index in [4.69, 9.17) is 0 Å². The van der Waals surface area contributed by atoms with Crippen LogP contribution in [0, 0.1) is 0 Å². The molecule has 1 fully saturated rings. The van der Waals surface area contributed by atoms with Crippen molar-refractivity contribution < 1.29 is 9.90 Å². The molecule has 0 spiro atoms. The molecule has 4 nitrogen and oxygen atoms in total. The largest absolute Gasteiger partial charge is 0.478 e. The second-order valence-corrected chi connectivity index (χ2v) is 6.69. The van der Waals surface area contributed by atoms with Crippen molar-refractivity contribution in [3.8, 4) is 0 Å². The van der Waals surface area contributed by atoms with Gasteiger partial charge in [0.2, 0.25) is 0 Å². The third kappa shape index (κ3) is 2.91. The third-order valence-electron chi connectivity index (χ3n) is 3.24. The van der Waals surface area contributed by atoms with Crippen molar-refractivity contribution in [2.24, 2.45) is 0 Å². The zero-order valence-corrected chi connectivity index (χ0v) is 13.0. The summed E-state index contributed by atoms with van der Waals surface area (Å²) in [5.74, 6) is -0.163. The number of hydrogen-bond acceptors (Lipinski definition) is 3. The molecule has 1 N–H and O–H groups in total. The normalized spacial score (nSPS) is 14.4. The van der Waals surface area contributed by atoms with Gasteiger partial charge in [-0.25, -0.2) is 9.78 Å². The number of carboxylic acids is 1. The molecule has 0 amide bonds. The van der Waals surface area contributed by atoms with Crippen molar-refractivity contribution in [2.45, 2.75) is 29.5 Å². The number of nitrogens with zero attached hydrogens (tertiary/aromatic N) is 2. The zero-order valence-electron chi connectivity index (χ0n) is 10.6. The Morgan fingerprint density at radius 1 is 1.50 bits per heavy atom. The molecule has 0 unspecified atom stereocenters.